The van der Waals surface area contributed by atoms with Gasteiger partial charge in [0, 0.05) is 21.9 Å². The Labute approximate surface area is 175 Å². The highest BCUT2D eigenvalue weighted by Crippen LogP contribution is 2.38. The molecule has 5 heteroatoms. The number of rotatable bonds is 10. The minimum atomic E-state index is -0.776. The summed E-state index contributed by atoms with van der Waals surface area (Å²) in [5, 5.41) is 20.5. The van der Waals surface area contributed by atoms with Crippen molar-refractivity contribution in [3.8, 4) is 0 Å². The lowest BCUT2D eigenvalue weighted by Gasteiger charge is -2.21. The Hall–Kier alpha value is -2.24. The standard InChI is InChI=1S/C24H28O4S/c1-16-14-21(26)19(9-4-2-3-5-11-24(27)28)18(16)12-13-20(25)23-15-17-8-6-7-10-22(17)29-23/h2,4,6-8,10,14-15,18-20,25H,3,5,9,11-13H2,1H3,(H,27,28)/t18-,19+,20+/m0/s1. The van der Waals surface area contributed by atoms with E-state index >= 15 is 0 Å². The van der Waals surface area contributed by atoms with E-state index in [4.69, 9.17) is 5.11 Å². The number of benzene rings is 1. The van der Waals surface area contributed by atoms with Crippen molar-refractivity contribution in [1.82, 2.24) is 0 Å². The van der Waals surface area contributed by atoms with Crippen molar-refractivity contribution in [2.45, 2.75) is 51.6 Å². The first kappa shape index (κ1) is 21.5. The number of carboxylic acids is 1. The molecule has 29 heavy (non-hydrogen) atoms. The fourth-order valence-electron chi connectivity index (χ4n) is 4.04. The Morgan fingerprint density at radius 3 is 2.79 bits per heavy atom. The summed E-state index contributed by atoms with van der Waals surface area (Å²) in [7, 11) is 0. The first-order valence-electron chi connectivity index (χ1n) is 10.2. The van der Waals surface area contributed by atoms with Crippen LogP contribution in [0.25, 0.3) is 10.1 Å². The minimum Gasteiger partial charge on any atom is -0.481 e. The molecular formula is C24H28O4S. The number of carboxylic acid groups (broad SMARTS) is 1. The topological polar surface area (TPSA) is 74.6 Å². The minimum absolute atomic E-state index is 0.0691. The second kappa shape index (κ2) is 9.99. The van der Waals surface area contributed by atoms with Crippen LogP contribution in [0.4, 0.5) is 0 Å². The van der Waals surface area contributed by atoms with E-state index in [1.54, 1.807) is 17.4 Å². The van der Waals surface area contributed by atoms with Crippen molar-refractivity contribution >= 4 is 33.2 Å². The largest absolute Gasteiger partial charge is 0.481 e. The van der Waals surface area contributed by atoms with Crippen LogP contribution in [0, 0.1) is 11.8 Å². The lowest BCUT2D eigenvalue weighted by Crippen LogP contribution is -2.17. The number of aliphatic hydroxyl groups excluding tert-OH is 1. The lowest BCUT2D eigenvalue weighted by atomic mass is 9.84. The molecule has 0 bridgehead atoms. The summed E-state index contributed by atoms with van der Waals surface area (Å²) in [6.07, 6.45) is 8.81. The third-order valence-corrected chi connectivity index (χ3v) is 6.87. The Balaban J connectivity index is 1.54. The molecule has 3 atom stereocenters. The number of aliphatic hydroxyl groups is 1. The van der Waals surface area contributed by atoms with Crippen molar-refractivity contribution in [3.05, 3.63) is 59.0 Å². The van der Waals surface area contributed by atoms with Gasteiger partial charge in [-0.05, 0) is 68.5 Å². The lowest BCUT2D eigenvalue weighted by molar-refractivity contribution is -0.137. The first-order chi connectivity index (χ1) is 14.0. The van der Waals surface area contributed by atoms with Crippen molar-refractivity contribution in [2.75, 3.05) is 0 Å². The smallest absolute Gasteiger partial charge is 0.303 e. The maximum atomic E-state index is 12.4. The number of fused-ring (bicyclic) bond motifs is 1. The Kier molecular flexibility index (Phi) is 7.40. The molecule has 3 rings (SSSR count). The zero-order valence-corrected chi connectivity index (χ0v) is 17.5. The van der Waals surface area contributed by atoms with E-state index in [1.165, 1.54) is 4.70 Å². The molecule has 0 amide bonds. The summed E-state index contributed by atoms with van der Waals surface area (Å²) in [6, 6.07) is 10.2. The number of aliphatic carboxylic acids is 1. The van der Waals surface area contributed by atoms with Gasteiger partial charge in [-0.3, -0.25) is 9.59 Å². The summed E-state index contributed by atoms with van der Waals surface area (Å²) in [6.45, 7) is 2.00. The second-order valence-corrected chi connectivity index (χ2v) is 8.89. The number of hydrogen-bond acceptors (Lipinski definition) is 4. The molecule has 0 saturated heterocycles. The van der Waals surface area contributed by atoms with Crippen LogP contribution in [0.3, 0.4) is 0 Å². The zero-order valence-electron chi connectivity index (χ0n) is 16.7. The van der Waals surface area contributed by atoms with Gasteiger partial charge in [0.25, 0.3) is 0 Å². The first-order valence-corrected chi connectivity index (χ1v) is 11.0. The molecule has 1 aliphatic carbocycles. The van der Waals surface area contributed by atoms with E-state index < -0.39 is 12.1 Å². The SMILES string of the molecule is CC1=CC(=O)[C@H](CC=CCCCC(=O)O)[C@H]1CC[C@@H](O)c1cc2ccccc2s1. The molecule has 1 aromatic carbocycles. The third-order valence-electron chi connectivity index (χ3n) is 5.65. The van der Waals surface area contributed by atoms with Crippen LogP contribution < -0.4 is 0 Å². The van der Waals surface area contributed by atoms with E-state index in [-0.39, 0.29) is 24.0 Å². The summed E-state index contributed by atoms with van der Waals surface area (Å²) in [4.78, 5) is 23.9. The third kappa shape index (κ3) is 5.64. The molecule has 0 aliphatic heterocycles. The summed E-state index contributed by atoms with van der Waals surface area (Å²) in [5.41, 5.74) is 1.10. The maximum absolute atomic E-state index is 12.4. The molecule has 1 heterocycles. The van der Waals surface area contributed by atoms with Gasteiger partial charge in [-0.25, -0.2) is 0 Å². The summed E-state index contributed by atoms with van der Waals surface area (Å²) < 4.78 is 1.18. The van der Waals surface area contributed by atoms with E-state index in [1.807, 2.05) is 31.2 Å². The fourth-order valence-corrected chi connectivity index (χ4v) is 5.13. The van der Waals surface area contributed by atoms with Crippen LogP contribution in [-0.2, 0) is 9.59 Å². The number of hydrogen-bond donors (Lipinski definition) is 2. The maximum Gasteiger partial charge on any atom is 0.303 e. The zero-order chi connectivity index (χ0) is 20.8. The van der Waals surface area contributed by atoms with Crippen molar-refractivity contribution < 1.29 is 19.8 Å². The van der Waals surface area contributed by atoms with Crippen LogP contribution >= 0.6 is 11.3 Å². The molecule has 2 N–H and O–H groups in total. The van der Waals surface area contributed by atoms with E-state index in [2.05, 4.69) is 18.2 Å². The highest BCUT2D eigenvalue weighted by atomic mass is 32.1. The van der Waals surface area contributed by atoms with Crippen molar-refractivity contribution in [3.63, 3.8) is 0 Å². The van der Waals surface area contributed by atoms with Crippen LogP contribution in [-0.4, -0.2) is 22.0 Å². The number of carbonyl (C=O) groups is 2. The molecule has 0 fully saturated rings. The molecular weight excluding hydrogens is 384 g/mol. The summed E-state index contributed by atoms with van der Waals surface area (Å²) in [5.74, 6) is -0.518. The van der Waals surface area contributed by atoms with E-state index in [9.17, 15) is 14.7 Å². The van der Waals surface area contributed by atoms with E-state index in [0.717, 1.165) is 28.7 Å². The van der Waals surface area contributed by atoms with Crippen LogP contribution in [0.15, 0.2) is 54.1 Å². The summed E-state index contributed by atoms with van der Waals surface area (Å²) >= 11 is 1.63. The monoisotopic (exact) mass is 412 g/mol. The van der Waals surface area contributed by atoms with Gasteiger partial charge >= 0.3 is 5.97 Å². The van der Waals surface area contributed by atoms with Crippen molar-refractivity contribution in [2.24, 2.45) is 11.8 Å². The molecule has 4 nitrogen and oxygen atoms in total. The molecule has 1 aliphatic rings. The van der Waals surface area contributed by atoms with Gasteiger partial charge in [-0.1, -0.05) is 35.9 Å². The van der Waals surface area contributed by atoms with Crippen LogP contribution in [0.5, 0.6) is 0 Å². The number of allylic oxidation sites excluding steroid dienone is 4. The molecule has 0 unspecified atom stereocenters. The number of thiophene rings is 1. The van der Waals surface area contributed by atoms with Crippen LogP contribution in [0.1, 0.15) is 56.4 Å². The Morgan fingerprint density at radius 2 is 2.03 bits per heavy atom. The molecule has 0 saturated carbocycles. The molecule has 154 valence electrons. The molecule has 0 spiro atoms. The average molecular weight is 413 g/mol. The Bertz CT molecular complexity index is 891. The quantitative estimate of drug-likeness (QED) is 0.389. The van der Waals surface area contributed by atoms with Gasteiger partial charge in [0.05, 0.1) is 6.10 Å². The van der Waals surface area contributed by atoms with Gasteiger partial charge in [-0.15, -0.1) is 11.3 Å². The predicted molar refractivity (Wildman–Crippen MR) is 117 cm³/mol. The second-order valence-electron chi connectivity index (χ2n) is 7.78. The Morgan fingerprint density at radius 1 is 1.24 bits per heavy atom. The number of ketones is 1. The van der Waals surface area contributed by atoms with Gasteiger partial charge < -0.3 is 10.2 Å². The number of unbranched alkanes of at least 4 members (excludes halogenated alkanes) is 1. The van der Waals surface area contributed by atoms with Gasteiger partial charge in [-0.2, -0.15) is 0 Å². The average Bonchev–Trinajstić information content (AvgIpc) is 3.23. The van der Waals surface area contributed by atoms with Gasteiger partial charge in [0.15, 0.2) is 5.78 Å². The van der Waals surface area contributed by atoms with Crippen molar-refractivity contribution in [1.29, 1.82) is 0 Å². The number of carbonyl (C=O) groups excluding carboxylic acids is 1. The fraction of sp³-hybridized carbons (Fsp3) is 0.417. The highest BCUT2D eigenvalue weighted by Gasteiger charge is 2.33. The molecule has 2 aromatic rings. The van der Waals surface area contributed by atoms with Gasteiger partial charge in [0.2, 0.25) is 0 Å². The highest BCUT2D eigenvalue weighted by molar-refractivity contribution is 7.19. The van der Waals surface area contributed by atoms with E-state index in [0.29, 0.717) is 19.3 Å². The van der Waals surface area contributed by atoms with Gasteiger partial charge in [0.1, 0.15) is 0 Å². The molecule has 0 radical (unpaired) electrons. The molecule has 1 aromatic heterocycles. The normalized spacial score (nSPS) is 20.5. The van der Waals surface area contributed by atoms with Crippen LogP contribution in [0.2, 0.25) is 0 Å². The predicted octanol–water partition coefficient (Wildman–Crippen LogP) is 5.68.